The largest absolute Gasteiger partial charge is 0.465 e. The number of pyridine rings is 1. The lowest BCUT2D eigenvalue weighted by molar-refractivity contribution is 0.0600. The van der Waals surface area contributed by atoms with Crippen LogP contribution in [0, 0.1) is 0 Å². The summed E-state index contributed by atoms with van der Waals surface area (Å²) in [6.07, 6.45) is 7.55. The number of aliphatic hydroxyl groups excluding tert-OH is 1. The van der Waals surface area contributed by atoms with Gasteiger partial charge >= 0.3 is 5.97 Å². The van der Waals surface area contributed by atoms with Crippen LogP contribution in [-0.2, 0) is 4.74 Å². The van der Waals surface area contributed by atoms with E-state index in [0.717, 1.165) is 18.7 Å². The maximum absolute atomic E-state index is 11.6. The van der Waals surface area contributed by atoms with Crippen molar-refractivity contribution >= 4 is 11.8 Å². The van der Waals surface area contributed by atoms with Crippen LogP contribution in [0.25, 0.3) is 0 Å². The zero-order valence-electron chi connectivity index (χ0n) is 11.9. The highest BCUT2D eigenvalue weighted by Gasteiger charge is 2.22. The number of hydrogen-bond donors (Lipinski definition) is 1. The van der Waals surface area contributed by atoms with Gasteiger partial charge < -0.3 is 14.7 Å². The number of hydrogen-bond acceptors (Lipinski definition) is 5. The molecule has 5 heteroatoms. The second-order valence-corrected chi connectivity index (χ2v) is 5.10. The molecule has 1 aliphatic carbocycles. The van der Waals surface area contributed by atoms with Crippen molar-refractivity contribution < 1.29 is 14.6 Å². The van der Waals surface area contributed by atoms with Crippen LogP contribution in [-0.4, -0.2) is 42.4 Å². The highest BCUT2D eigenvalue weighted by molar-refractivity contribution is 5.90. The molecule has 0 spiro atoms. The van der Waals surface area contributed by atoms with E-state index in [9.17, 15) is 9.90 Å². The average molecular weight is 278 g/mol. The molecule has 0 radical (unpaired) electrons. The standard InChI is InChI=1S/C15H22N2O3/c1-20-15(19)12-7-8-16-14(11-12)17(9-10-18)13-5-3-2-4-6-13/h7-8,11,13,18H,2-6,9-10H2,1H3. The summed E-state index contributed by atoms with van der Waals surface area (Å²) in [5, 5.41) is 9.29. The Morgan fingerprint density at radius 2 is 2.20 bits per heavy atom. The summed E-state index contributed by atoms with van der Waals surface area (Å²) in [6, 6.07) is 3.79. The summed E-state index contributed by atoms with van der Waals surface area (Å²) in [5.41, 5.74) is 0.497. The molecule has 1 saturated carbocycles. The van der Waals surface area contributed by atoms with Gasteiger partial charge in [0.1, 0.15) is 5.82 Å². The number of ether oxygens (including phenoxy) is 1. The molecular weight excluding hydrogens is 256 g/mol. The van der Waals surface area contributed by atoms with Crippen molar-refractivity contribution in [2.24, 2.45) is 0 Å². The number of aliphatic hydroxyl groups is 1. The Labute approximate surface area is 119 Å². The van der Waals surface area contributed by atoms with Gasteiger partial charge in [0, 0.05) is 18.8 Å². The van der Waals surface area contributed by atoms with Crippen LogP contribution in [0.3, 0.4) is 0 Å². The van der Waals surface area contributed by atoms with Gasteiger partial charge in [-0.3, -0.25) is 0 Å². The second kappa shape index (κ2) is 7.24. The van der Waals surface area contributed by atoms with E-state index in [-0.39, 0.29) is 12.6 Å². The summed E-state index contributed by atoms with van der Waals surface area (Å²) in [5.74, 6) is 0.384. The molecule has 0 aromatic carbocycles. The first-order valence-electron chi connectivity index (χ1n) is 7.18. The molecule has 1 fully saturated rings. The van der Waals surface area contributed by atoms with Crippen LogP contribution in [0.5, 0.6) is 0 Å². The molecule has 1 aromatic rings. The van der Waals surface area contributed by atoms with Gasteiger partial charge in [0.05, 0.1) is 19.3 Å². The number of rotatable bonds is 5. The fourth-order valence-electron chi connectivity index (χ4n) is 2.80. The fraction of sp³-hybridized carbons (Fsp3) is 0.600. The van der Waals surface area contributed by atoms with Gasteiger partial charge in [-0.1, -0.05) is 19.3 Å². The predicted molar refractivity (Wildman–Crippen MR) is 76.9 cm³/mol. The topological polar surface area (TPSA) is 62.7 Å². The number of aromatic nitrogens is 1. The van der Waals surface area contributed by atoms with E-state index in [1.165, 1.54) is 26.4 Å². The minimum Gasteiger partial charge on any atom is -0.465 e. The summed E-state index contributed by atoms with van der Waals surface area (Å²) in [6.45, 7) is 0.628. The van der Waals surface area contributed by atoms with Crippen molar-refractivity contribution in [2.45, 2.75) is 38.1 Å². The number of esters is 1. The van der Waals surface area contributed by atoms with E-state index in [4.69, 9.17) is 4.74 Å². The number of methoxy groups -OCH3 is 1. The van der Waals surface area contributed by atoms with E-state index in [1.54, 1.807) is 18.3 Å². The summed E-state index contributed by atoms with van der Waals surface area (Å²) >= 11 is 0. The van der Waals surface area contributed by atoms with Crippen LogP contribution < -0.4 is 4.90 Å². The highest BCUT2D eigenvalue weighted by atomic mass is 16.5. The molecule has 0 atom stereocenters. The normalized spacial score (nSPS) is 15.9. The Hall–Kier alpha value is -1.62. The van der Waals surface area contributed by atoms with Crippen LogP contribution in [0.1, 0.15) is 42.5 Å². The van der Waals surface area contributed by atoms with Crippen molar-refractivity contribution in [2.75, 3.05) is 25.2 Å². The molecular formula is C15H22N2O3. The van der Waals surface area contributed by atoms with E-state index in [0.29, 0.717) is 18.2 Å². The van der Waals surface area contributed by atoms with Crippen LogP contribution >= 0.6 is 0 Å². The molecule has 1 aliphatic rings. The maximum Gasteiger partial charge on any atom is 0.338 e. The number of carbonyl (C=O) groups excluding carboxylic acids is 1. The van der Waals surface area contributed by atoms with E-state index >= 15 is 0 Å². The highest BCUT2D eigenvalue weighted by Crippen LogP contribution is 2.26. The number of carbonyl (C=O) groups is 1. The molecule has 1 aromatic heterocycles. The first-order valence-corrected chi connectivity index (χ1v) is 7.18. The molecule has 5 nitrogen and oxygen atoms in total. The molecule has 0 amide bonds. The van der Waals surface area contributed by atoms with Gasteiger partial charge in [-0.05, 0) is 25.0 Å². The quantitative estimate of drug-likeness (QED) is 0.835. The summed E-state index contributed by atoms with van der Waals surface area (Å²) in [4.78, 5) is 18.1. The summed E-state index contributed by atoms with van der Waals surface area (Å²) in [7, 11) is 1.37. The molecule has 1 heterocycles. The van der Waals surface area contributed by atoms with Crippen LogP contribution in [0.15, 0.2) is 18.3 Å². The van der Waals surface area contributed by atoms with Crippen molar-refractivity contribution in [3.05, 3.63) is 23.9 Å². The maximum atomic E-state index is 11.6. The van der Waals surface area contributed by atoms with Crippen LogP contribution in [0.2, 0.25) is 0 Å². The van der Waals surface area contributed by atoms with Gasteiger partial charge in [0.2, 0.25) is 0 Å². The Morgan fingerprint density at radius 1 is 1.45 bits per heavy atom. The molecule has 0 saturated heterocycles. The molecule has 0 bridgehead atoms. The zero-order valence-corrected chi connectivity index (χ0v) is 11.9. The van der Waals surface area contributed by atoms with Crippen LogP contribution in [0.4, 0.5) is 5.82 Å². The second-order valence-electron chi connectivity index (χ2n) is 5.10. The average Bonchev–Trinajstić information content (AvgIpc) is 2.52. The van der Waals surface area contributed by atoms with Crippen molar-refractivity contribution in [1.29, 1.82) is 0 Å². The van der Waals surface area contributed by atoms with E-state index < -0.39 is 0 Å². The van der Waals surface area contributed by atoms with Gasteiger partial charge in [-0.25, -0.2) is 9.78 Å². The minimum absolute atomic E-state index is 0.0840. The zero-order chi connectivity index (χ0) is 14.4. The molecule has 1 N–H and O–H groups in total. The molecule has 20 heavy (non-hydrogen) atoms. The van der Waals surface area contributed by atoms with Gasteiger partial charge in [-0.2, -0.15) is 0 Å². The lowest BCUT2D eigenvalue weighted by Gasteiger charge is -2.35. The third-order valence-electron chi connectivity index (χ3n) is 3.82. The van der Waals surface area contributed by atoms with Crippen molar-refractivity contribution in [1.82, 2.24) is 4.98 Å². The minimum atomic E-state index is -0.360. The Kier molecular flexibility index (Phi) is 5.35. The lowest BCUT2D eigenvalue weighted by Crippen LogP contribution is -2.39. The molecule has 2 rings (SSSR count). The molecule has 0 unspecified atom stereocenters. The first kappa shape index (κ1) is 14.8. The SMILES string of the molecule is COC(=O)c1ccnc(N(CCO)C2CCCCC2)c1. The third-order valence-corrected chi connectivity index (χ3v) is 3.82. The molecule has 110 valence electrons. The van der Waals surface area contributed by atoms with Gasteiger partial charge in [-0.15, -0.1) is 0 Å². The predicted octanol–water partition coefficient (Wildman–Crippen LogP) is 2.00. The Morgan fingerprint density at radius 3 is 2.85 bits per heavy atom. The smallest absolute Gasteiger partial charge is 0.338 e. The summed E-state index contributed by atoms with van der Waals surface area (Å²) < 4.78 is 4.74. The van der Waals surface area contributed by atoms with E-state index in [1.807, 2.05) is 0 Å². The van der Waals surface area contributed by atoms with Crippen molar-refractivity contribution in [3.8, 4) is 0 Å². The number of anilines is 1. The molecule has 0 aliphatic heterocycles. The van der Waals surface area contributed by atoms with Gasteiger partial charge in [0.25, 0.3) is 0 Å². The van der Waals surface area contributed by atoms with Crippen molar-refractivity contribution in [3.63, 3.8) is 0 Å². The Bertz CT molecular complexity index is 444. The van der Waals surface area contributed by atoms with Gasteiger partial charge in [0.15, 0.2) is 0 Å². The monoisotopic (exact) mass is 278 g/mol. The lowest BCUT2D eigenvalue weighted by atomic mass is 9.94. The fourth-order valence-corrected chi connectivity index (χ4v) is 2.80. The Balaban J connectivity index is 2.21. The first-order chi connectivity index (χ1) is 9.76. The third kappa shape index (κ3) is 3.48. The number of nitrogens with zero attached hydrogens (tertiary/aromatic N) is 2. The van der Waals surface area contributed by atoms with E-state index in [2.05, 4.69) is 9.88 Å².